The van der Waals surface area contributed by atoms with Gasteiger partial charge in [0.05, 0.1) is 5.71 Å². The number of carbonyl (C=O) groups is 1. The van der Waals surface area contributed by atoms with Crippen molar-refractivity contribution in [1.29, 1.82) is 0 Å². The number of rotatable bonds is 4. The predicted molar refractivity (Wildman–Crippen MR) is 123 cm³/mol. The van der Waals surface area contributed by atoms with E-state index >= 15 is 0 Å². The van der Waals surface area contributed by atoms with Crippen molar-refractivity contribution >= 4 is 33.3 Å². The second-order valence-corrected chi connectivity index (χ2v) is 8.17. The second kappa shape index (κ2) is 8.99. The standard InChI is InChI=1S/C24H21BrFN3O2/c1-29-20-12-11-16(25)13-18(20)21(17-9-5-6-10-19(17)26)28-22(23(29)27)24(30)31-14-15-7-3-2-4-8-15/h2-13,22-23H,14,27H2,1H3. The van der Waals surface area contributed by atoms with Gasteiger partial charge in [-0.15, -0.1) is 0 Å². The molecule has 0 fully saturated rings. The van der Waals surface area contributed by atoms with Gasteiger partial charge in [0.25, 0.3) is 0 Å². The SMILES string of the molecule is CN1c2ccc(Br)cc2C(c2ccccc2F)=NC(C(=O)OCc2ccccc2)C1N. The Bertz CT molecular complexity index is 1140. The Morgan fingerprint density at radius 1 is 1.10 bits per heavy atom. The van der Waals surface area contributed by atoms with Crippen LogP contribution < -0.4 is 10.6 Å². The minimum Gasteiger partial charge on any atom is -0.459 e. The van der Waals surface area contributed by atoms with Gasteiger partial charge in [0.15, 0.2) is 6.04 Å². The molecule has 31 heavy (non-hydrogen) atoms. The van der Waals surface area contributed by atoms with E-state index in [0.29, 0.717) is 16.8 Å². The van der Waals surface area contributed by atoms with Crippen LogP contribution in [0.2, 0.25) is 0 Å². The maximum absolute atomic E-state index is 14.7. The molecule has 3 aromatic rings. The summed E-state index contributed by atoms with van der Waals surface area (Å²) in [6, 6.07) is 20.3. The molecular weight excluding hydrogens is 461 g/mol. The molecule has 0 saturated carbocycles. The maximum atomic E-state index is 14.7. The molecule has 1 heterocycles. The van der Waals surface area contributed by atoms with Crippen LogP contribution in [-0.2, 0) is 16.1 Å². The number of fused-ring (bicyclic) bond motifs is 1. The maximum Gasteiger partial charge on any atom is 0.334 e. The molecule has 158 valence electrons. The molecule has 2 unspecified atom stereocenters. The monoisotopic (exact) mass is 481 g/mol. The fourth-order valence-corrected chi connectivity index (χ4v) is 3.90. The molecule has 0 bridgehead atoms. The van der Waals surface area contributed by atoms with E-state index in [4.69, 9.17) is 10.5 Å². The first-order valence-corrected chi connectivity index (χ1v) is 10.6. The average Bonchev–Trinajstić information content (AvgIpc) is 2.88. The number of nitrogens with two attached hydrogens (primary N) is 1. The highest BCUT2D eigenvalue weighted by Crippen LogP contribution is 2.32. The molecule has 2 atom stereocenters. The van der Waals surface area contributed by atoms with Crippen LogP contribution in [0.25, 0.3) is 0 Å². The van der Waals surface area contributed by atoms with Crippen LogP contribution >= 0.6 is 15.9 Å². The molecule has 0 amide bonds. The smallest absolute Gasteiger partial charge is 0.334 e. The average molecular weight is 482 g/mol. The number of hydrogen-bond donors (Lipinski definition) is 1. The number of benzodiazepines with no additional fused rings is 1. The first-order valence-electron chi connectivity index (χ1n) is 9.77. The molecule has 0 aromatic heterocycles. The number of nitrogens with zero attached hydrogens (tertiary/aromatic N) is 2. The lowest BCUT2D eigenvalue weighted by Crippen LogP contribution is -2.50. The Labute approximate surface area is 188 Å². The zero-order chi connectivity index (χ0) is 22.0. The summed E-state index contributed by atoms with van der Waals surface area (Å²) >= 11 is 3.47. The van der Waals surface area contributed by atoms with E-state index < -0.39 is 24.0 Å². The number of esters is 1. The molecule has 3 aromatic carbocycles. The molecule has 0 spiro atoms. The van der Waals surface area contributed by atoms with Crippen molar-refractivity contribution in [1.82, 2.24) is 0 Å². The van der Waals surface area contributed by atoms with E-state index in [1.807, 2.05) is 48.5 Å². The van der Waals surface area contributed by atoms with Gasteiger partial charge in [-0.2, -0.15) is 0 Å². The van der Waals surface area contributed by atoms with Gasteiger partial charge in [0.2, 0.25) is 0 Å². The molecular formula is C24H21BrFN3O2. The molecule has 0 saturated heterocycles. The van der Waals surface area contributed by atoms with E-state index in [2.05, 4.69) is 20.9 Å². The Morgan fingerprint density at radius 2 is 1.81 bits per heavy atom. The van der Waals surface area contributed by atoms with Gasteiger partial charge in [-0.3, -0.25) is 4.99 Å². The zero-order valence-corrected chi connectivity index (χ0v) is 18.4. The third-order valence-corrected chi connectivity index (χ3v) is 5.72. The highest BCUT2D eigenvalue weighted by molar-refractivity contribution is 9.10. The van der Waals surface area contributed by atoms with Crippen LogP contribution in [0.5, 0.6) is 0 Å². The fourth-order valence-electron chi connectivity index (χ4n) is 3.54. The lowest BCUT2D eigenvalue weighted by molar-refractivity contribution is -0.146. The Kier molecular flexibility index (Phi) is 6.15. The largest absolute Gasteiger partial charge is 0.459 e. The first-order chi connectivity index (χ1) is 15.0. The van der Waals surface area contributed by atoms with Crippen LogP contribution in [0.1, 0.15) is 16.7 Å². The Hall–Kier alpha value is -3.03. The summed E-state index contributed by atoms with van der Waals surface area (Å²) in [5, 5.41) is 0. The van der Waals surface area contributed by atoms with E-state index in [1.165, 1.54) is 6.07 Å². The summed E-state index contributed by atoms with van der Waals surface area (Å²) in [7, 11) is 1.79. The lowest BCUT2D eigenvalue weighted by Gasteiger charge is -2.29. The third-order valence-electron chi connectivity index (χ3n) is 5.23. The van der Waals surface area contributed by atoms with Gasteiger partial charge in [0, 0.05) is 28.3 Å². The summed E-state index contributed by atoms with van der Waals surface area (Å²) < 4.78 is 21.1. The third kappa shape index (κ3) is 4.38. The number of hydrogen-bond acceptors (Lipinski definition) is 5. The number of likely N-dealkylation sites (N-methyl/N-ethyl adjacent to an activating group) is 1. The topological polar surface area (TPSA) is 67.9 Å². The van der Waals surface area contributed by atoms with Crippen molar-refractivity contribution in [2.24, 2.45) is 10.7 Å². The molecule has 5 nitrogen and oxygen atoms in total. The highest BCUT2D eigenvalue weighted by Gasteiger charge is 2.35. The predicted octanol–water partition coefficient (Wildman–Crippen LogP) is 4.27. The lowest BCUT2D eigenvalue weighted by atomic mass is 10.00. The van der Waals surface area contributed by atoms with Crippen molar-refractivity contribution in [3.8, 4) is 0 Å². The van der Waals surface area contributed by atoms with E-state index in [-0.39, 0.29) is 6.61 Å². The number of anilines is 1. The van der Waals surface area contributed by atoms with Gasteiger partial charge >= 0.3 is 5.97 Å². The number of benzene rings is 3. The molecule has 0 aliphatic carbocycles. The molecule has 0 radical (unpaired) electrons. The van der Waals surface area contributed by atoms with E-state index in [1.54, 1.807) is 30.1 Å². The highest BCUT2D eigenvalue weighted by atomic mass is 79.9. The van der Waals surface area contributed by atoms with Gasteiger partial charge in [0.1, 0.15) is 18.6 Å². The minimum atomic E-state index is -1.03. The second-order valence-electron chi connectivity index (χ2n) is 7.26. The fraction of sp³-hybridized carbons (Fsp3) is 0.167. The summed E-state index contributed by atoms with van der Waals surface area (Å²) in [6.45, 7) is 0.107. The van der Waals surface area contributed by atoms with Crippen molar-refractivity contribution < 1.29 is 13.9 Å². The quantitative estimate of drug-likeness (QED) is 0.564. The number of carbonyl (C=O) groups excluding carboxylic acids is 1. The molecule has 1 aliphatic rings. The molecule has 4 rings (SSSR count). The van der Waals surface area contributed by atoms with Crippen molar-refractivity contribution in [3.63, 3.8) is 0 Å². The Balaban J connectivity index is 1.77. The minimum absolute atomic E-state index is 0.107. The first kappa shape index (κ1) is 21.2. The van der Waals surface area contributed by atoms with Crippen molar-refractivity contribution in [2.75, 3.05) is 11.9 Å². The van der Waals surface area contributed by atoms with Crippen LogP contribution in [0.3, 0.4) is 0 Å². The van der Waals surface area contributed by atoms with Gasteiger partial charge < -0.3 is 15.4 Å². The summed E-state index contributed by atoms with van der Waals surface area (Å²) in [5.41, 5.74) is 9.37. The van der Waals surface area contributed by atoms with Crippen LogP contribution in [0, 0.1) is 5.82 Å². The van der Waals surface area contributed by atoms with Crippen molar-refractivity contribution in [2.45, 2.75) is 18.8 Å². The number of ether oxygens (including phenoxy) is 1. The number of aliphatic imine (C=N–C) groups is 1. The van der Waals surface area contributed by atoms with E-state index in [0.717, 1.165) is 15.7 Å². The molecule has 2 N–H and O–H groups in total. The summed E-state index contributed by atoms with van der Waals surface area (Å²) in [5.74, 6) is -0.995. The van der Waals surface area contributed by atoms with Crippen LogP contribution in [0.4, 0.5) is 10.1 Å². The molecule has 1 aliphatic heterocycles. The van der Waals surface area contributed by atoms with Gasteiger partial charge in [-0.1, -0.05) is 58.4 Å². The Morgan fingerprint density at radius 3 is 2.55 bits per heavy atom. The van der Waals surface area contributed by atoms with Gasteiger partial charge in [-0.25, -0.2) is 9.18 Å². The van der Waals surface area contributed by atoms with Crippen LogP contribution in [-0.4, -0.2) is 30.9 Å². The normalized spacial score (nSPS) is 18.1. The van der Waals surface area contributed by atoms with Gasteiger partial charge in [-0.05, 0) is 35.9 Å². The molecule has 7 heteroatoms. The summed E-state index contributed by atoms with van der Waals surface area (Å²) in [6.07, 6.45) is -0.785. The summed E-state index contributed by atoms with van der Waals surface area (Å²) in [4.78, 5) is 19.4. The zero-order valence-electron chi connectivity index (χ0n) is 16.8. The van der Waals surface area contributed by atoms with Crippen LogP contribution in [0.15, 0.2) is 82.3 Å². The van der Waals surface area contributed by atoms with E-state index in [9.17, 15) is 9.18 Å². The number of halogens is 2. The van der Waals surface area contributed by atoms with Crippen molar-refractivity contribution in [3.05, 3.63) is 99.8 Å².